The summed E-state index contributed by atoms with van der Waals surface area (Å²) < 4.78 is 5.61. The Hall–Kier alpha value is -0.830. The zero-order valence-corrected chi connectivity index (χ0v) is 9.93. The Morgan fingerprint density at radius 3 is 2.21 bits per heavy atom. The number of aryl methyl sites for hydroxylation is 2. The van der Waals surface area contributed by atoms with Crippen LogP contribution in [0.3, 0.4) is 0 Å². The van der Waals surface area contributed by atoms with E-state index in [2.05, 4.69) is 38.0 Å². The summed E-state index contributed by atoms with van der Waals surface area (Å²) in [5.74, 6) is 1.67. The predicted octanol–water partition coefficient (Wildman–Crippen LogP) is 2.52. The number of nitrogens with zero attached hydrogens (tertiary/aromatic N) is 1. The van der Waals surface area contributed by atoms with Gasteiger partial charge in [-0.3, -0.25) is 0 Å². The average molecular weight is 196 g/mol. The van der Waals surface area contributed by atoms with E-state index in [1.807, 2.05) is 13.8 Å². The molecule has 0 amide bonds. The second kappa shape index (κ2) is 3.73. The highest BCUT2D eigenvalue weighted by molar-refractivity contribution is 5.16. The van der Waals surface area contributed by atoms with Crippen molar-refractivity contribution in [3.63, 3.8) is 0 Å². The summed E-state index contributed by atoms with van der Waals surface area (Å²) >= 11 is 0. The van der Waals surface area contributed by atoms with Gasteiger partial charge in [-0.05, 0) is 34.6 Å². The molecule has 0 aromatic carbocycles. The van der Waals surface area contributed by atoms with Crippen molar-refractivity contribution < 1.29 is 4.42 Å². The molecule has 0 saturated heterocycles. The lowest BCUT2D eigenvalue weighted by Crippen LogP contribution is -2.41. The Labute approximate surface area is 85.9 Å². The summed E-state index contributed by atoms with van der Waals surface area (Å²) in [6.45, 7) is 12.3. The lowest BCUT2D eigenvalue weighted by Gasteiger charge is -2.26. The molecule has 1 aromatic heterocycles. The van der Waals surface area contributed by atoms with Gasteiger partial charge in [0.05, 0.1) is 11.2 Å². The molecule has 1 rings (SSSR count). The fourth-order valence-corrected chi connectivity index (χ4v) is 1.90. The zero-order valence-electron chi connectivity index (χ0n) is 9.93. The first-order valence-corrected chi connectivity index (χ1v) is 5.05. The molecule has 0 aliphatic heterocycles. The van der Waals surface area contributed by atoms with Crippen LogP contribution < -0.4 is 5.32 Å². The van der Waals surface area contributed by atoms with Crippen LogP contribution in [0.2, 0.25) is 0 Å². The third-order valence-electron chi connectivity index (χ3n) is 2.12. The standard InChI is InChI=1S/C11H20N2O/c1-7(2)13-11(5,6)10-8(3)12-9(4)14-10/h7,13H,1-6H3. The molecule has 0 atom stereocenters. The lowest BCUT2D eigenvalue weighted by molar-refractivity contribution is 0.291. The minimum absolute atomic E-state index is 0.153. The van der Waals surface area contributed by atoms with E-state index in [4.69, 9.17) is 4.42 Å². The molecule has 0 bridgehead atoms. The molecular weight excluding hydrogens is 176 g/mol. The van der Waals surface area contributed by atoms with Crippen molar-refractivity contribution >= 4 is 0 Å². The van der Waals surface area contributed by atoms with Crippen molar-refractivity contribution in [1.29, 1.82) is 0 Å². The van der Waals surface area contributed by atoms with Crippen LogP contribution in [0.4, 0.5) is 0 Å². The van der Waals surface area contributed by atoms with Crippen molar-refractivity contribution in [3.05, 3.63) is 17.3 Å². The maximum atomic E-state index is 5.61. The first-order valence-electron chi connectivity index (χ1n) is 5.05. The summed E-state index contributed by atoms with van der Waals surface area (Å²) in [5.41, 5.74) is 0.820. The van der Waals surface area contributed by atoms with Crippen LogP contribution >= 0.6 is 0 Å². The van der Waals surface area contributed by atoms with Gasteiger partial charge >= 0.3 is 0 Å². The van der Waals surface area contributed by atoms with Crippen LogP contribution in [0.15, 0.2) is 4.42 Å². The topological polar surface area (TPSA) is 38.1 Å². The largest absolute Gasteiger partial charge is 0.444 e. The van der Waals surface area contributed by atoms with Gasteiger partial charge in [0.2, 0.25) is 0 Å². The maximum absolute atomic E-state index is 5.61. The van der Waals surface area contributed by atoms with Gasteiger partial charge in [-0.2, -0.15) is 0 Å². The number of rotatable bonds is 3. The highest BCUT2D eigenvalue weighted by Crippen LogP contribution is 2.24. The van der Waals surface area contributed by atoms with E-state index in [-0.39, 0.29) is 5.54 Å². The molecule has 1 aromatic rings. The van der Waals surface area contributed by atoms with Crippen LogP contribution in [0, 0.1) is 13.8 Å². The normalized spacial score (nSPS) is 12.5. The van der Waals surface area contributed by atoms with Crippen molar-refractivity contribution in [3.8, 4) is 0 Å². The number of nitrogens with one attached hydrogen (secondary N) is 1. The molecule has 1 N–H and O–H groups in total. The number of oxazole rings is 1. The summed E-state index contributed by atoms with van der Waals surface area (Å²) in [6.07, 6.45) is 0. The Morgan fingerprint density at radius 2 is 1.86 bits per heavy atom. The van der Waals surface area contributed by atoms with Crippen LogP contribution in [0.1, 0.15) is 45.0 Å². The predicted molar refractivity (Wildman–Crippen MR) is 57.3 cm³/mol. The molecule has 0 fully saturated rings. The number of hydrogen-bond acceptors (Lipinski definition) is 3. The molecule has 0 aliphatic rings. The minimum Gasteiger partial charge on any atom is -0.444 e. The molecule has 1 heterocycles. The van der Waals surface area contributed by atoms with Crippen molar-refractivity contribution in [2.24, 2.45) is 0 Å². The number of hydrogen-bond donors (Lipinski definition) is 1. The second-order valence-corrected chi connectivity index (χ2v) is 4.57. The highest BCUT2D eigenvalue weighted by Gasteiger charge is 2.27. The zero-order chi connectivity index (χ0) is 10.9. The van der Waals surface area contributed by atoms with Gasteiger partial charge in [0.15, 0.2) is 5.89 Å². The van der Waals surface area contributed by atoms with Crippen LogP contribution in [-0.2, 0) is 5.54 Å². The van der Waals surface area contributed by atoms with Crippen molar-refractivity contribution in [2.45, 2.75) is 53.1 Å². The van der Waals surface area contributed by atoms with E-state index in [1.165, 1.54) is 0 Å². The minimum atomic E-state index is -0.153. The summed E-state index contributed by atoms with van der Waals surface area (Å²) in [7, 11) is 0. The van der Waals surface area contributed by atoms with E-state index < -0.39 is 0 Å². The third-order valence-corrected chi connectivity index (χ3v) is 2.12. The molecule has 0 unspecified atom stereocenters. The Balaban J connectivity index is 2.96. The number of aromatic nitrogens is 1. The van der Waals surface area contributed by atoms with Gasteiger partial charge < -0.3 is 9.73 Å². The maximum Gasteiger partial charge on any atom is 0.191 e. The summed E-state index contributed by atoms with van der Waals surface area (Å²) in [4.78, 5) is 4.28. The highest BCUT2D eigenvalue weighted by atomic mass is 16.4. The SMILES string of the molecule is Cc1nc(C)c(C(C)(C)NC(C)C)o1. The Kier molecular flexibility index (Phi) is 3.00. The van der Waals surface area contributed by atoms with E-state index >= 15 is 0 Å². The second-order valence-electron chi connectivity index (χ2n) is 4.57. The third kappa shape index (κ3) is 2.35. The summed E-state index contributed by atoms with van der Waals surface area (Å²) in [6, 6.07) is 0.426. The fourth-order valence-electron chi connectivity index (χ4n) is 1.90. The van der Waals surface area contributed by atoms with E-state index in [0.29, 0.717) is 6.04 Å². The van der Waals surface area contributed by atoms with Gasteiger partial charge in [-0.25, -0.2) is 4.98 Å². The Bertz CT molecular complexity index is 313. The van der Waals surface area contributed by atoms with Gasteiger partial charge in [0.1, 0.15) is 5.76 Å². The lowest BCUT2D eigenvalue weighted by atomic mass is 9.99. The van der Waals surface area contributed by atoms with Crippen molar-refractivity contribution in [2.75, 3.05) is 0 Å². The fraction of sp³-hybridized carbons (Fsp3) is 0.727. The molecule has 14 heavy (non-hydrogen) atoms. The van der Waals surface area contributed by atoms with Crippen LogP contribution in [0.5, 0.6) is 0 Å². The van der Waals surface area contributed by atoms with Gasteiger partial charge in [-0.1, -0.05) is 0 Å². The molecule has 3 heteroatoms. The van der Waals surface area contributed by atoms with Crippen molar-refractivity contribution in [1.82, 2.24) is 10.3 Å². The molecular formula is C11H20N2O. The first-order chi connectivity index (χ1) is 6.33. The van der Waals surface area contributed by atoms with Gasteiger partial charge in [0, 0.05) is 13.0 Å². The van der Waals surface area contributed by atoms with Crippen LogP contribution in [0.25, 0.3) is 0 Å². The average Bonchev–Trinajstić information content (AvgIpc) is 2.27. The smallest absolute Gasteiger partial charge is 0.191 e. The van der Waals surface area contributed by atoms with Crippen LogP contribution in [-0.4, -0.2) is 11.0 Å². The molecule has 0 spiro atoms. The van der Waals surface area contributed by atoms with E-state index in [0.717, 1.165) is 17.3 Å². The first kappa shape index (κ1) is 11.2. The van der Waals surface area contributed by atoms with Gasteiger partial charge in [0.25, 0.3) is 0 Å². The Morgan fingerprint density at radius 1 is 1.29 bits per heavy atom. The summed E-state index contributed by atoms with van der Waals surface area (Å²) in [5, 5.41) is 3.46. The van der Waals surface area contributed by atoms with E-state index in [9.17, 15) is 0 Å². The molecule has 0 saturated carbocycles. The molecule has 0 radical (unpaired) electrons. The quantitative estimate of drug-likeness (QED) is 0.807. The van der Waals surface area contributed by atoms with Gasteiger partial charge in [-0.15, -0.1) is 0 Å². The van der Waals surface area contributed by atoms with E-state index in [1.54, 1.807) is 0 Å². The molecule has 80 valence electrons. The monoisotopic (exact) mass is 196 g/mol. The molecule has 3 nitrogen and oxygen atoms in total. The molecule has 0 aliphatic carbocycles.